The Hall–Kier alpha value is -4.01. The van der Waals surface area contributed by atoms with E-state index in [0.717, 1.165) is 42.4 Å². The monoisotopic (exact) mass is 570 g/mol. The summed E-state index contributed by atoms with van der Waals surface area (Å²) in [6, 6.07) is 3.61. The highest BCUT2D eigenvalue weighted by atomic mass is 32.2. The largest absolute Gasteiger partial charge is 0.345 e. The van der Waals surface area contributed by atoms with Crippen LogP contribution in [-0.2, 0) is 10.2 Å². The average Bonchev–Trinajstić information content (AvgIpc) is 3.38. The third kappa shape index (κ3) is 5.24. The number of halogens is 2. The third-order valence-corrected chi connectivity index (χ3v) is 8.54. The van der Waals surface area contributed by atoms with Gasteiger partial charge in [0, 0.05) is 79.6 Å². The van der Waals surface area contributed by atoms with Crippen molar-refractivity contribution in [3.05, 3.63) is 65.7 Å². The van der Waals surface area contributed by atoms with E-state index in [9.17, 15) is 17.6 Å². The predicted molar refractivity (Wildman–Crippen MR) is 147 cm³/mol. The van der Waals surface area contributed by atoms with Crippen molar-refractivity contribution >= 4 is 38.7 Å². The molecule has 1 saturated heterocycles. The van der Waals surface area contributed by atoms with Gasteiger partial charge in [-0.05, 0) is 31.0 Å². The number of nitrogens with two attached hydrogens (primary N) is 1. The summed E-state index contributed by atoms with van der Waals surface area (Å²) in [6.45, 7) is 3.26. The fourth-order valence-corrected chi connectivity index (χ4v) is 5.37. The Kier molecular flexibility index (Phi) is 7.49. The lowest BCUT2D eigenvalue weighted by molar-refractivity contribution is 0.103. The lowest BCUT2D eigenvalue weighted by atomic mass is 10.0. The van der Waals surface area contributed by atoms with Crippen molar-refractivity contribution in [1.29, 1.82) is 0 Å². The van der Waals surface area contributed by atoms with Gasteiger partial charge in [0.1, 0.15) is 11.5 Å². The maximum absolute atomic E-state index is 15.4. The number of ketones is 1. The second-order valence-electron chi connectivity index (χ2n) is 9.55. The molecule has 0 aliphatic carbocycles. The summed E-state index contributed by atoms with van der Waals surface area (Å²) in [5, 5.41) is 0.326. The van der Waals surface area contributed by atoms with Gasteiger partial charge in [0.25, 0.3) is 0 Å². The van der Waals surface area contributed by atoms with Gasteiger partial charge >= 0.3 is 10.2 Å². The van der Waals surface area contributed by atoms with Crippen LogP contribution >= 0.6 is 0 Å². The molecular weight excluding hydrogens is 542 g/mol. The van der Waals surface area contributed by atoms with Crippen LogP contribution in [0.1, 0.15) is 35.7 Å². The number of hydrogen-bond acceptors (Lipinski definition) is 8. The summed E-state index contributed by atoms with van der Waals surface area (Å²) >= 11 is 0. The zero-order valence-corrected chi connectivity index (χ0v) is 22.7. The van der Waals surface area contributed by atoms with Crippen molar-refractivity contribution in [2.75, 3.05) is 36.3 Å². The molecule has 1 aromatic carbocycles. The Bertz CT molecular complexity index is 1670. The number of pyridine rings is 1. The molecule has 0 bridgehead atoms. The molecule has 0 saturated carbocycles. The number of aromatic nitrogens is 4. The van der Waals surface area contributed by atoms with Crippen LogP contribution in [0.4, 0.5) is 20.4 Å². The molecule has 4 heterocycles. The Labute approximate surface area is 229 Å². The highest BCUT2D eigenvalue weighted by Crippen LogP contribution is 2.30. The van der Waals surface area contributed by atoms with Gasteiger partial charge in [0.2, 0.25) is 11.7 Å². The molecule has 11 nitrogen and oxygen atoms in total. The fraction of sp³-hybridized carbons (Fsp3) is 0.308. The van der Waals surface area contributed by atoms with Crippen molar-refractivity contribution < 1.29 is 22.0 Å². The number of nitrogens with zero attached hydrogens (tertiary/aromatic N) is 5. The molecule has 4 aromatic rings. The van der Waals surface area contributed by atoms with Crippen LogP contribution in [-0.4, -0.2) is 71.2 Å². The molecule has 3 aromatic heterocycles. The van der Waals surface area contributed by atoms with E-state index < -0.39 is 38.9 Å². The minimum atomic E-state index is -4.11. The Morgan fingerprint density at radius 3 is 2.50 bits per heavy atom. The molecule has 0 spiro atoms. The Morgan fingerprint density at radius 1 is 1.15 bits per heavy atom. The van der Waals surface area contributed by atoms with Crippen LogP contribution in [0.2, 0.25) is 0 Å². The summed E-state index contributed by atoms with van der Waals surface area (Å²) in [5.41, 5.74) is 6.07. The number of anilines is 2. The summed E-state index contributed by atoms with van der Waals surface area (Å²) in [5.74, 6) is -2.83. The maximum atomic E-state index is 15.4. The first-order valence-corrected chi connectivity index (χ1v) is 14.1. The van der Waals surface area contributed by atoms with Gasteiger partial charge in [0.05, 0.1) is 11.3 Å². The number of carbonyl (C=O) groups is 1. The molecule has 40 heavy (non-hydrogen) atoms. The zero-order chi connectivity index (χ0) is 28.6. The van der Waals surface area contributed by atoms with E-state index in [4.69, 9.17) is 5.73 Å². The number of piperidine rings is 1. The third-order valence-electron chi connectivity index (χ3n) is 6.98. The van der Waals surface area contributed by atoms with Crippen molar-refractivity contribution in [1.82, 2.24) is 24.2 Å². The molecule has 14 heteroatoms. The molecule has 4 N–H and O–H groups in total. The topological polar surface area (TPSA) is 150 Å². The van der Waals surface area contributed by atoms with E-state index in [2.05, 4.69) is 29.6 Å². The molecule has 0 radical (unpaired) electrons. The zero-order valence-electron chi connectivity index (χ0n) is 21.9. The van der Waals surface area contributed by atoms with Crippen LogP contribution in [0.25, 0.3) is 22.2 Å². The number of nitrogens with one attached hydrogen (secondary N) is 2. The van der Waals surface area contributed by atoms with Gasteiger partial charge in [-0.15, -0.1) is 0 Å². The average molecular weight is 571 g/mol. The first-order chi connectivity index (χ1) is 19.1. The van der Waals surface area contributed by atoms with Crippen molar-refractivity contribution in [2.24, 2.45) is 5.73 Å². The molecule has 1 aliphatic heterocycles. The lowest BCUT2D eigenvalue weighted by Gasteiger charge is -2.30. The number of hydrogen-bond donors (Lipinski definition) is 3. The lowest BCUT2D eigenvalue weighted by Crippen LogP contribution is -2.40. The number of aromatic amines is 1. The van der Waals surface area contributed by atoms with Gasteiger partial charge in [0.15, 0.2) is 5.82 Å². The summed E-state index contributed by atoms with van der Waals surface area (Å²) in [4.78, 5) is 31.6. The maximum Gasteiger partial charge on any atom is 0.301 e. The van der Waals surface area contributed by atoms with Crippen LogP contribution in [0.15, 0.2) is 43.0 Å². The second kappa shape index (κ2) is 10.9. The van der Waals surface area contributed by atoms with Crippen LogP contribution in [0, 0.1) is 11.6 Å². The SMILES string of the molecule is CCN(C)S(=O)(=O)Nc1ccc(F)c(C(=O)c2c[nH]c3ncc(-c4cnc(N5CCC(N)CC5)nc4)cc23)c1F. The van der Waals surface area contributed by atoms with Gasteiger partial charge in [-0.3, -0.25) is 9.52 Å². The van der Waals surface area contributed by atoms with E-state index in [1.54, 1.807) is 31.6 Å². The Morgan fingerprint density at radius 2 is 1.82 bits per heavy atom. The van der Waals surface area contributed by atoms with Crippen LogP contribution < -0.4 is 15.4 Å². The van der Waals surface area contributed by atoms with Gasteiger partial charge in [-0.1, -0.05) is 6.92 Å². The van der Waals surface area contributed by atoms with Gasteiger partial charge in [-0.25, -0.2) is 23.7 Å². The van der Waals surface area contributed by atoms with E-state index in [1.165, 1.54) is 13.2 Å². The van der Waals surface area contributed by atoms with Crippen molar-refractivity contribution in [3.8, 4) is 11.1 Å². The van der Waals surface area contributed by atoms with Crippen LogP contribution in [0.3, 0.4) is 0 Å². The van der Waals surface area contributed by atoms with E-state index in [1.807, 2.05) is 0 Å². The predicted octanol–water partition coefficient (Wildman–Crippen LogP) is 3.07. The molecular formula is C26H28F2N8O3S. The normalized spacial score (nSPS) is 14.7. The quantitative estimate of drug-likeness (QED) is 0.274. The highest BCUT2D eigenvalue weighted by molar-refractivity contribution is 7.90. The van der Waals surface area contributed by atoms with Gasteiger partial charge < -0.3 is 15.6 Å². The molecule has 0 amide bonds. The standard InChI is InChI=1S/C26H28F2N8O3S/c1-3-35(2)40(38,39)34-21-5-4-20(27)22(23(21)28)24(37)19-14-31-25-18(19)10-15(11-30-25)16-12-32-26(33-13-16)36-8-6-17(29)7-9-36/h4-5,10-14,17,34H,3,6-9,29H2,1-2H3,(H,30,31). The number of rotatable bonds is 8. The first kappa shape index (κ1) is 27.6. The number of fused-ring (bicyclic) bond motifs is 1. The molecule has 1 fully saturated rings. The molecule has 0 atom stereocenters. The minimum Gasteiger partial charge on any atom is -0.345 e. The fourth-order valence-electron chi connectivity index (χ4n) is 4.44. The smallest absolute Gasteiger partial charge is 0.301 e. The Balaban J connectivity index is 1.46. The van der Waals surface area contributed by atoms with E-state index >= 15 is 4.39 Å². The molecule has 5 rings (SSSR count). The molecule has 210 valence electrons. The van der Waals surface area contributed by atoms with E-state index in [-0.39, 0.29) is 18.2 Å². The molecule has 1 aliphatic rings. The van der Waals surface area contributed by atoms with Crippen molar-refractivity contribution in [3.63, 3.8) is 0 Å². The van der Waals surface area contributed by atoms with E-state index in [0.29, 0.717) is 28.1 Å². The number of benzene rings is 1. The number of carbonyl (C=O) groups excluding carboxylic acids is 1. The molecule has 0 unspecified atom stereocenters. The van der Waals surface area contributed by atoms with Crippen molar-refractivity contribution in [2.45, 2.75) is 25.8 Å². The van der Waals surface area contributed by atoms with Gasteiger partial charge in [-0.2, -0.15) is 12.7 Å². The number of H-pyrrole nitrogens is 1. The summed E-state index contributed by atoms with van der Waals surface area (Å²) in [6.07, 6.45) is 7.91. The summed E-state index contributed by atoms with van der Waals surface area (Å²) < 4.78 is 57.9. The van der Waals surface area contributed by atoms with Crippen LogP contribution in [0.5, 0.6) is 0 Å². The first-order valence-electron chi connectivity index (χ1n) is 12.7. The summed E-state index contributed by atoms with van der Waals surface area (Å²) in [7, 11) is -2.81. The second-order valence-corrected chi connectivity index (χ2v) is 11.3. The minimum absolute atomic E-state index is 0.0324. The highest BCUT2D eigenvalue weighted by Gasteiger charge is 2.27.